The number of fused-ring (bicyclic) bond motifs is 1. The SMILES string of the molecule is CNCCC1CCN(C(=O)c2cc(C3CC3)nc3onc(C(C)C)c23)CC1. The van der Waals surface area contributed by atoms with E-state index >= 15 is 0 Å². The van der Waals surface area contributed by atoms with Crippen LogP contribution in [0.15, 0.2) is 10.6 Å². The topological polar surface area (TPSA) is 71.3 Å². The Hall–Kier alpha value is -1.95. The maximum atomic E-state index is 13.4. The fourth-order valence-electron chi connectivity index (χ4n) is 4.09. The van der Waals surface area contributed by atoms with Crippen LogP contribution >= 0.6 is 0 Å². The normalized spacial score (nSPS) is 18.6. The lowest BCUT2D eigenvalue weighted by molar-refractivity contribution is 0.0689. The Bertz CT molecular complexity index is 817. The quantitative estimate of drug-likeness (QED) is 0.840. The van der Waals surface area contributed by atoms with Gasteiger partial charge in [-0.1, -0.05) is 19.0 Å². The number of likely N-dealkylation sites (tertiary alicyclic amines) is 1. The molecule has 6 heteroatoms. The van der Waals surface area contributed by atoms with Crippen molar-refractivity contribution < 1.29 is 9.32 Å². The first-order valence-corrected chi connectivity index (χ1v) is 10.3. The fraction of sp³-hybridized carbons (Fsp3) is 0.667. The number of piperidine rings is 1. The maximum Gasteiger partial charge on any atom is 0.259 e. The van der Waals surface area contributed by atoms with E-state index < -0.39 is 0 Å². The monoisotopic (exact) mass is 370 g/mol. The Morgan fingerprint density at radius 2 is 2.04 bits per heavy atom. The van der Waals surface area contributed by atoms with Crippen molar-refractivity contribution in [3.8, 4) is 0 Å². The molecule has 1 aliphatic heterocycles. The van der Waals surface area contributed by atoms with E-state index in [0.717, 1.165) is 67.7 Å². The molecule has 1 saturated carbocycles. The van der Waals surface area contributed by atoms with E-state index in [0.29, 0.717) is 17.5 Å². The van der Waals surface area contributed by atoms with Crippen LogP contribution < -0.4 is 5.32 Å². The zero-order chi connectivity index (χ0) is 19.0. The van der Waals surface area contributed by atoms with Gasteiger partial charge < -0.3 is 14.7 Å². The van der Waals surface area contributed by atoms with E-state index in [-0.39, 0.29) is 11.8 Å². The summed E-state index contributed by atoms with van der Waals surface area (Å²) in [6.07, 6.45) is 5.64. The number of hydrogen-bond donors (Lipinski definition) is 1. The molecule has 2 aromatic rings. The molecule has 0 unspecified atom stereocenters. The molecule has 146 valence electrons. The molecule has 3 heterocycles. The van der Waals surface area contributed by atoms with Crippen molar-refractivity contribution in [1.82, 2.24) is 20.4 Å². The average molecular weight is 370 g/mol. The van der Waals surface area contributed by atoms with Gasteiger partial charge in [0.05, 0.1) is 16.6 Å². The van der Waals surface area contributed by atoms with Crippen LogP contribution in [0.25, 0.3) is 11.1 Å². The Balaban J connectivity index is 1.62. The molecule has 0 spiro atoms. The van der Waals surface area contributed by atoms with Crippen molar-refractivity contribution >= 4 is 17.0 Å². The smallest absolute Gasteiger partial charge is 0.259 e. The number of pyridine rings is 1. The molecule has 2 aliphatic rings. The van der Waals surface area contributed by atoms with Gasteiger partial charge in [0, 0.05) is 24.7 Å². The predicted octanol–water partition coefficient (Wildman–Crippen LogP) is 3.69. The first kappa shape index (κ1) is 18.4. The zero-order valence-electron chi connectivity index (χ0n) is 16.6. The molecular weight excluding hydrogens is 340 g/mol. The molecule has 0 atom stereocenters. The van der Waals surface area contributed by atoms with Crippen LogP contribution in [0.2, 0.25) is 0 Å². The minimum Gasteiger partial charge on any atom is -0.339 e. The standard InChI is InChI=1S/C21H30N4O2/c1-13(2)19-18-16(12-17(15-4-5-15)23-20(18)27-24-19)21(26)25-10-7-14(8-11-25)6-9-22-3/h12-15,22H,4-11H2,1-3H3. The fourth-order valence-corrected chi connectivity index (χ4v) is 4.09. The molecule has 27 heavy (non-hydrogen) atoms. The number of nitrogens with zero attached hydrogens (tertiary/aromatic N) is 3. The number of carbonyl (C=O) groups excluding carboxylic acids is 1. The summed E-state index contributed by atoms with van der Waals surface area (Å²) >= 11 is 0. The van der Waals surface area contributed by atoms with Crippen LogP contribution in [0.3, 0.4) is 0 Å². The minimum absolute atomic E-state index is 0.112. The van der Waals surface area contributed by atoms with Crippen LogP contribution in [0, 0.1) is 5.92 Å². The molecule has 1 amide bonds. The number of rotatable bonds is 6. The Morgan fingerprint density at radius 3 is 2.67 bits per heavy atom. The molecule has 0 aromatic carbocycles. The highest BCUT2D eigenvalue weighted by molar-refractivity contribution is 6.06. The number of amides is 1. The third-order valence-corrected chi connectivity index (χ3v) is 5.97. The van der Waals surface area contributed by atoms with E-state index in [1.807, 2.05) is 18.0 Å². The third kappa shape index (κ3) is 3.72. The molecule has 2 fully saturated rings. The van der Waals surface area contributed by atoms with Crippen molar-refractivity contribution in [2.75, 3.05) is 26.7 Å². The van der Waals surface area contributed by atoms with E-state index in [1.165, 1.54) is 6.42 Å². The third-order valence-electron chi connectivity index (χ3n) is 5.97. The lowest BCUT2D eigenvalue weighted by atomic mass is 9.92. The molecule has 0 bridgehead atoms. The Labute approximate surface area is 160 Å². The highest BCUT2D eigenvalue weighted by Crippen LogP contribution is 2.41. The summed E-state index contributed by atoms with van der Waals surface area (Å²) in [5.74, 6) is 1.49. The molecule has 1 saturated heterocycles. The minimum atomic E-state index is 0.112. The molecule has 4 rings (SSSR count). The van der Waals surface area contributed by atoms with Crippen LogP contribution in [-0.2, 0) is 0 Å². The first-order chi connectivity index (χ1) is 13.1. The van der Waals surface area contributed by atoms with Crippen LogP contribution in [0.4, 0.5) is 0 Å². The molecule has 6 nitrogen and oxygen atoms in total. The van der Waals surface area contributed by atoms with Gasteiger partial charge in [0.1, 0.15) is 0 Å². The van der Waals surface area contributed by atoms with Crippen molar-refractivity contribution in [2.24, 2.45) is 5.92 Å². The van der Waals surface area contributed by atoms with Crippen LogP contribution in [-0.4, -0.2) is 47.6 Å². The molecule has 1 aliphatic carbocycles. The second kappa shape index (κ2) is 7.58. The average Bonchev–Trinajstić information content (AvgIpc) is 3.44. The van der Waals surface area contributed by atoms with Gasteiger partial charge in [-0.3, -0.25) is 4.79 Å². The lowest BCUT2D eigenvalue weighted by Crippen LogP contribution is -2.39. The predicted molar refractivity (Wildman–Crippen MR) is 105 cm³/mol. The number of hydrogen-bond acceptors (Lipinski definition) is 5. The molecule has 1 N–H and O–H groups in total. The van der Waals surface area contributed by atoms with Crippen molar-refractivity contribution in [3.63, 3.8) is 0 Å². The van der Waals surface area contributed by atoms with E-state index in [2.05, 4.69) is 29.3 Å². The summed E-state index contributed by atoms with van der Waals surface area (Å²) in [4.78, 5) is 20.1. The van der Waals surface area contributed by atoms with Crippen LogP contribution in [0.5, 0.6) is 0 Å². The highest BCUT2D eigenvalue weighted by Gasteiger charge is 2.31. The highest BCUT2D eigenvalue weighted by atomic mass is 16.5. The van der Waals surface area contributed by atoms with E-state index in [1.54, 1.807) is 0 Å². The summed E-state index contributed by atoms with van der Waals surface area (Å²) in [6.45, 7) is 6.87. The summed E-state index contributed by atoms with van der Waals surface area (Å²) in [5, 5.41) is 8.28. The maximum absolute atomic E-state index is 13.4. The largest absolute Gasteiger partial charge is 0.339 e. The summed E-state index contributed by atoms with van der Waals surface area (Å²) in [7, 11) is 2.00. The number of nitrogens with one attached hydrogen (secondary N) is 1. The zero-order valence-corrected chi connectivity index (χ0v) is 16.6. The van der Waals surface area contributed by atoms with Gasteiger partial charge in [-0.15, -0.1) is 0 Å². The second-order valence-electron chi connectivity index (χ2n) is 8.40. The molecule has 0 radical (unpaired) electrons. The van der Waals surface area contributed by atoms with Gasteiger partial charge >= 0.3 is 0 Å². The molecule has 2 aromatic heterocycles. The van der Waals surface area contributed by atoms with Gasteiger partial charge in [-0.25, -0.2) is 4.98 Å². The van der Waals surface area contributed by atoms with Gasteiger partial charge in [0.25, 0.3) is 11.6 Å². The van der Waals surface area contributed by atoms with Crippen molar-refractivity contribution in [3.05, 3.63) is 23.0 Å². The molecular formula is C21H30N4O2. The van der Waals surface area contributed by atoms with Gasteiger partial charge in [0.15, 0.2) is 0 Å². The lowest BCUT2D eigenvalue weighted by Gasteiger charge is -2.32. The summed E-state index contributed by atoms with van der Waals surface area (Å²) in [6, 6.07) is 2.01. The Morgan fingerprint density at radius 1 is 1.30 bits per heavy atom. The van der Waals surface area contributed by atoms with Gasteiger partial charge in [0.2, 0.25) is 0 Å². The number of carbonyl (C=O) groups is 1. The second-order valence-corrected chi connectivity index (χ2v) is 8.40. The van der Waals surface area contributed by atoms with E-state index in [9.17, 15) is 4.79 Å². The van der Waals surface area contributed by atoms with Crippen molar-refractivity contribution in [2.45, 2.75) is 57.8 Å². The van der Waals surface area contributed by atoms with Crippen LogP contribution in [0.1, 0.15) is 79.5 Å². The summed E-state index contributed by atoms with van der Waals surface area (Å²) < 4.78 is 5.53. The van der Waals surface area contributed by atoms with Gasteiger partial charge in [-0.05, 0) is 63.6 Å². The van der Waals surface area contributed by atoms with Crippen molar-refractivity contribution in [1.29, 1.82) is 0 Å². The van der Waals surface area contributed by atoms with Gasteiger partial charge in [-0.2, -0.15) is 0 Å². The Kier molecular flexibility index (Phi) is 5.17. The summed E-state index contributed by atoms with van der Waals surface area (Å²) in [5.41, 5.74) is 3.09. The first-order valence-electron chi connectivity index (χ1n) is 10.3. The number of aromatic nitrogens is 2. The van der Waals surface area contributed by atoms with E-state index in [4.69, 9.17) is 4.52 Å².